The largest absolute Gasteiger partial charge is 0.496 e. The molecule has 0 amide bonds. The highest BCUT2D eigenvalue weighted by Gasteiger charge is 2.24. The van der Waals surface area contributed by atoms with Gasteiger partial charge in [-0.2, -0.15) is 0 Å². The molecule has 0 atom stereocenters. The summed E-state index contributed by atoms with van der Waals surface area (Å²) >= 11 is 0. The summed E-state index contributed by atoms with van der Waals surface area (Å²) in [5, 5.41) is 12.7. The van der Waals surface area contributed by atoms with Crippen LogP contribution in [0.25, 0.3) is 11.3 Å². The minimum Gasteiger partial charge on any atom is -0.496 e. The van der Waals surface area contributed by atoms with Gasteiger partial charge in [0.15, 0.2) is 0 Å². The number of carbonyl (C=O) groups is 1. The van der Waals surface area contributed by atoms with Gasteiger partial charge in [-0.05, 0) is 18.6 Å². The van der Waals surface area contributed by atoms with Gasteiger partial charge in [0.1, 0.15) is 11.4 Å². The zero-order chi connectivity index (χ0) is 14.3. The van der Waals surface area contributed by atoms with Gasteiger partial charge in [0.25, 0.3) is 0 Å². The fourth-order valence-electron chi connectivity index (χ4n) is 2.55. The first-order valence-electron chi connectivity index (χ1n) is 6.23. The van der Waals surface area contributed by atoms with Gasteiger partial charge in [0, 0.05) is 36.5 Å². The van der Waals surface area contributed by atoms with Crippen molar-refractivity contribution in [1.29, 1.82) is 0 Å². The molecule has 1 aliphatic heterocycles. The summed E-state index contributed by atoms with van der Waals surface area (Å²) in [6, 6.07) is 5.28. The van der Waals surface area contributed by atoms with Crippen LogP contribution in [-0.4, -0.2) is 36.9 Å². The summed E-state index contributed by atoms with van der Waals surface area (Å²) in [5.41, 5.74) is 3.47. The first-order chi connectivity index (χ1) is 9.61. The first kappa shape index (κ1) is 12.5. The van der Waals surface area contributed by atoms with Crippen LogP contribution in [0, 0.1) is 0 Å². The van der Waals surface area contributed by atoms with Crippen molar-refractivity contribution >= 4 is 11.7 Å². The molecule has 0 unspecified atom stereocenters. The smallest absolute Gasteiger partial charge is 0.374 e. The maximum Gasteiger partial charge on any atom is 0.374 e. The summed E-state index contributed by atoms with van der Waals surface area (Å²) in [7, 11) is 3.64. The van der Waals surface area contributed by atoms with Crippen LogP contribution in [0.2, 0.25) is 0 Å². The highest BCUT2D eigenvalue weighted by Crippen LogP contribution is 2.41. The predicted molar refractivity (Wildman–Crippen MR) is 72.4 cm³/mol. The molecule has 0 saturated heterocycles. The number of ether oxygens (including phenoxy) is 1. The maximum atomic E-state index is 10.9. The number of methoxy groups -OCH3 is 1. The Labute approximate surface area is 115 Å². The first-order valence-corrected chi connectivity index (χ1v) is 6.23. The molecule has 6 heteroatoms. The third kappa shape index (κ3) is 1.80. The molecule has 0 spiro atoms. The van der Waals surface area contributed by atoms with E-state index in [1.54, 1.807) is 7.11 Å². The molecule has 2 heterocycles. The average Bonchev–Trinajstić information content (AvgIpc) is 3.05. The summed E-state index contributed by atoms with van der Waals surface area (Å²) in [4.78, 5) is 13.0. The number of hydrogen-bond donors (Lipinski definition) is 1. The summed E-state index contributed by atoms with van der Waals surface area (Å²) < 4.78 is 10.3. The van der Waals surface area contributed by atoms with Gasteiger partial charge in [-0.3, -0.25) is 0 Å². The monoisotopic (exact) mass is 274 g/mol. The highest BCUT2D eigenvalue weighted by molar-refractivity contribution is 5.86. The van der Waals surface area contributed by atoms with Gasteiger partial charge in [0.2, 0.25) is 5.76 Å². The minimum absolute atomic E-state index is 0.181. The normalized spacial score (nSPS) is 13.4. The Balaban J connectivity index is 2.12. The van der Waals surface area contributed by atoms with Crippen molar-refractivity contribution in [2.75, 3.05) is 25.6 Å². The number of aromatic carboxylic acids is 1. The quantitative estimate of drug-likeness (QED) is 0.923. The van der Waals surface area contributed by atoms with E-state index in [1.165, 1.54) is 6.07 Å². The lowest BCUT2D eigenvalue weighted by atomic mass is 10.0. The third-order valence-electron chi connectivity index (χ3n) is 3.55. The number of carboxylic acid groups (broad SMARTS) is 1. The minimum atomic E-state index is -1.14. The Kier molecular flexibility index (Phi) is 2.85. The Hall–Kier alpha value is -2.50. The van der Waals surface area contributed by atoms with Crippen LogP contribution in [0.3, 0.4) is 0 Å². The van der Waals surface area contributed by atoms with E-state index >= 15 is 0 Å². The molecule has 0 fully saturated rings. The lowest BCUT2D eigenvalue weighted by Gasteiger charge is -2.14. The molecule has 20 heavy (non-hydrogen) atoms. The van der Waals surface area contributed by atoms with E-state index in [9.17, 15) is 4.79 Å². The second kappa shape index (κ2) is 4.56. The van der Waals surface area contributed by atoms with Gasteiger partial charge in [0.05, 0.1) is 7.11 Å². The lowest BCUT2D eigenvalue weighted by molar-refractivity contribution is 0.0652. The van der Waals surface area contributed by atoms with Crippen molar-refractivity contribution in [3.8, 4) is 17.0 Å². The molecule has 1 aromatic carbocycles. The second-order valence-corrected chi connectivity index (χ2v) is 4.70. The van der Waals surface area contributed by atoms with Crippen molar-refractivity contribution < 1.29 is 19.2 Å². The van der Waals surface area contributed by atoms with Gasteiger partial charge in [-0.25, -0.2) is 4.79 Å². The van der Waals surface area contributed by atoms with Crippen LogP contribution >= 0.6 is 0 Å². The Morgan fingerprint density at radius 2 is 2.30 bits per heavy atom. The number of anilines is 1. The Bertz CT molecular complexity index is 678. The number of carboxylic acids is 1. The van der Waals surface area contributed by atoms with E-state index in [2.05, 4.69) is 10.1 Å². The number of rotatable bonds is 3. The van der Waals surface area contributed by atoms with Crippen LogP contribution < -0.4 is 9.64 Å². The molecule has 104 valence electrons. The van der Waals surface area contributed by atoms with Crippen LogP contribution in [0.1, 0.15) is 16.1 Å². The SMILES string of the molecule is COc1c(-c2cc(C(=O)O)on2)ccc2c1CCN2C. The van der Waals surface area contributed by atoms with Gasteiger partial charge < -0.3 is 19.3 Å². The van der Waals surface area contributed by atoms with Crippen molar-refractivity contribution in [2.24, 2.45) is 0 Å². The standard InChI is InChI=1S/C14H14N2O4/c1-16-6-5-9-11(16)4-3-8(13(9)19-2)10-7-12(14(17)18)20-15-10/h3-4,7H,5-6H2,1-2H3,(H,17,18). The van der Waals surface area contributed by atoms with Crippen molar-refractivity contribution in [3.05, 3.63) is 29.5 Å². The molecule has 0 saturated carbocycles. The summed E-state index contributed by atoms with van der Waals surface area (Å²) in [6.45, 7) is 0.939. The van der Waals surface area contributed by atoms with Crippen molar-refractivity contribution in [2.45, 2.75) is 6.42 Å². The summed E-state index contributed by atoms with van der Waals surface area (Å²) in [6.07, 6.45) is 0.895. The number of benzene rings is 1. The van der Waals surface area contributed by atoms with Crippen molar-refractivity contribution in [1.82, 2.24) is 5.16 Å². The molecule has 3 rings (SSSR count). The zero-order valence-electron chi connectivity index (χ0n) is 11.2. The van der Waals surface area contributed by atoms with E-state index in [1.807, 2.05) is 19.2 Å². The number of hydrogen-bond acceptors (Lipinski definition) is 5. The lowest BCUT2D eigenvalue weighted by Crippen LogP contribution is -2.12. The van der Waals surface area contributed by atoms with Crippen LogP contribution in [0.15, 0.2) is 22.7 Å². The van der Waals surface area contributed by atoms with Gasteiger partial charge in [-0.15, -0.1) is 0 Å². The molecule has 0 radical (unpaired) electrons. The topological polar surface area (TPSA) is 75.8 Å². The Morgan fingerprint density at radius 1 is 1.50 bits per heavy atom. The fraction of sp³-hybridized carbons (Fsp3) is 0.286. The van der Waals surface area contributed by atoms with E-state index in [-0.39, 0.29) is 5.76 Å². The molecule has 0 bridgehead atoms. The number of fused-ring (bicyclic) bond motifs is 1. The number of likely N-dealkylation sites (N-methyl/N-ethyl adjacent to an activating group) is 1. The van der Waals surface area contributed by atoms with Crippen molar-refractivity contribution in [3.63, 3.8) is 0 Å². The molecule has 1 aliphatic rings. The number of aromatic nitrogens is 1. The van der Waals surface area contributed by atoms with Crippen LogP contribution in [-0.2, 0) is 6.42 Å². The van der Waals surface area contributed by atoms with E-state index in [0.717, 1.165) is 35.5 Å². The van der Waals surface area contributed by atoms with E-state index < -0.39 is 5.97 Å². The molecule has 1 aromatic heterocycles. The molecule has 6 nitrogen and oxygen atoms in total. The molecule has 1 N–H and O–H groups in total. The maximum absolute atomic E-state index is 10.9. The summed E-state index contributed by atoms with van der Waals surface area (Å²) in [5.74, 6) is -0.583. The predicted octanol–water partition coefficient (Wildman–Crippen LogP) is 2.04. The van der Waals surface area contributed by atoms with Crippen LogP contribution in [0.4, 0.5) is 5.69 Å². The van der Waals surface area contributed by atoms with Crippen LogP contribution in [0.5, 0.6) is 5.75 Å². The zero-order valence-corrected chi connectivity index (χ0v) is 11.2. The molecular weight excluding hydrogens is 260 g/mol. The highest BCUT2D eigenvalue weighted by atomic mass is 16.5. The average molecular weight is 274 g/mol. The molecule has 2 aromatic rings. The second-order valence-electron chi connectivity index (χ2n) is 4.70. The molecular formula is C14H14N2O4. The van der Waals surface area contributed by atoms with Gasteiger partial charge >= 0.3 is 5.97 Å². The number of nitrogens with zero attached hydrogens (tertiary/aromatic N) is 2. The van der Waals surface area contributed by atoms with E-state index in [0.29, 0.717) is 5.69 Å². The third-order valence-corrected chi connectivity index (χ3v) is 3.55. The van der Waals surface area contributed by atoms with E-state index in [4.69, 9.17) is 14.4 Å². The fourth-order valence-corrected chi connectivity index (χ4v) is 2.55. The van der Waals surface area contributed by atoms with Gasteiger partial charge in [-0.1, -0.05) is 5.16 Å². The molecule has 0 aliphatic carbocycles. The Morgan fingerprint density at radius 3 is 2.95 bits per heavy atom.